The summed E-state index contributed by atoms with van der Waals surface area (Å²) in [6.07, 6.45) is 1.32. The molecule has 0 spiro atoms. The molecule has 0 amide bonds. The van der Waals surface area contributed by atoms with Crippen molar-refractivity contribution in [1.82, 2.24) is 4.98 Å². The Bertz CT molecular complexity index is 871. The van der Waals surface area contributed by atoms with Crippen molar-refractivity contribution >= 4 is 21.7 Å². The van der Waals surface area contributed by atoms with Crippen LogP contribution in [0.2, 0.25) is 0 Å². The largest absolute Gasteiger partial charge is 0.478 e. The molecule has 0 aliphatic carbocycles. The number of carboxylic acids is 1. The van der Waals surface area contributed by atoms with Crippen LogP contribution >= 0.6 is 0 Å². The first kappa shape index (κ1) is 15.5. The lowest BCUT2D eigenvalue weighted by Gasteiger charge is -2.12. The lowest BCUT2D eigenvalue weighted by atomic mass is 10.0. The van der Waals surface area contributed by atoms with Gasteiger partial charge in [0.05, 0.1) is 22.9 Å². The van der Waals surface area contributed by atoms with Gasteiger partial charge in [-0.1, -0.05) is 6.07 Å². The SMILES string of the molecule is Cc1c(C#N)ccc(NS(=O)(=O)c2ccccn2)c1C(=O)O. The summed E-state index contributed by atoms with van der Waals surface area (Å²) in [5.41, 5.74) is -0.0254. The predicted octanol–water partition coefficient (Wildman–Crippen LogP) is 1.76. The Morgan fingerprint density at radius 3 is 2.59 bits per heavy atom. The maximum Gasteiger partial charge on any atom is 0.338 e. The van der Waals surface area contributed by atoms with E-state index in [1.54, 1.807) is 6.07 Å². The highest BCUT2D eigenvalue weighted by Gasteiger charge is 2.22. The zero-order chi connectivity index (χ0) is 16.3. The topological polar surface area (TPSA) is 120 Å². The van der Waals surface area contributed by atoms with Gasteiger partial charge in [0.25, 0.3) is 10.0 Å². The average Bonchev–Trinajstić information content (AvgIpc) is 2.47. The van der Waals surface area contributed by atoms with E-state index in [9.17, 15) is 18.3 Å². The summed E-state index contributed by atoms with van der Waals surface area (Å²) in [5.74, 6) is -1.33. The van der Waals surface area contributed by atoms with Gasteiger partial charge in [-0.15, -0.1) is 0 Å². The summed E-state index contributed by atoms with van der Waals surface area (Å²) in [6.45, 7) is 1.45. The molecule has 1 aromatic carbocycles. The number of hydrogen-bond acceptors (Lipinski definition) is 5. The second-order valence-electron chi connectivity index (χ2n) is 4.35. The minimum absolute atomic E-state index is 0.116. The van der Waals surface area contributed by atoms with Gasteiger partial charge in [-0.2, -0.15) is 13.7 Å². The van der Waals surface area contributed by atoms with E-state index in [0.29, 0.717) is 0 Å². The molecular formula is C14H11N3O4S. The molecule has 0 saturated carbocycles. The standard InChI is InChI=1S/C14H11N3O4S/c1-9-10(8-15)5-6-11(13(9)14(18)19)17-22(20,21)12-4-2-3-7-16-12/h2-7,17H,1H3,(H,18,19). The van der Waals surface area contributed by atoms with Crippen molar-refractivity contribution in [3.8, 4) is 6.07 Å². The molecule has 0 bridgehead atoms. The van der Waals surface area contributed by atoms with Gasteiger partial charge in [0, 0.05) is 6.20 Å². The fourth-order valence-corrected chi connectivity index (χ4v) is 2.92. The van der Waals surface area contributed by atoms with Crippen molar-refractivity contribution in [3.05, 3.63) is 53.2 Å². The molecule has 2 rings (SSSR count). The van der Waals surface area contributed by atoms with Crippen LogP contribution in [0.3, 0.4) is 0 Å². The van der Waals surface area contributed by atoms with Crippen LogP contribution in [-0.2, 0) is 10.0 Å². The molecule has 0 unspecified atom stereocenters. The minimum Gasteiger partial charge on any atom is -0.478 e. The van der Waals surface area contributed by atoms with Crippen molar-refractivity contribution in [2.24, 2.45) is 0 Å². The van der Waals surface area contributed by atoms with Crippen LogP contribution < -0.4 is 4.72 Å². The summed E-state index contributed by atoms with van der Waals surface area (Å²) in [4.78, 5) is 15.1. The van der Waals surface area contributed by atoms with Crippen LogP contribution in [0.1, 0.15) is 21.5 Å². The molecular weight excluding hydrogens is 306 g/mol. The van der Waals surface area contributed by atoms with Gasteiger partial charge in [-0.25, -0.2) is 9.78 Å². The third kappa shape index (κ3) is 2.89. The maximum atomic E-state index is 12.2. The molecule has 2 N–H and O–H groups in total. The highest BCUT2D eigenvalue weighted by atomic mass is 32.2. The van der Waals surface area contributed by atoms with E-state index >= 15 is 0 Å². The summed E-state index contributed by atoms with van der Waals surface area (Å²) >= 11 is 0. The Balaban J connectivity index is 2.54. The number of aromatic nitrogens is 1. The first-order valence-electron chi connectivity index (χ1n) is 6.07. The van der Waals surface area contributed by atoms with E-state index < -0.39 is 16.0 Å². The van der Waals surface area contributed by atoms with E-state index in [1.807, 2.05) is 6.07 Å². The van der Waals surface area contributed by atoms with Crippen molar-refractivity contribution in [3.63, 3.8) is 0 Å². The normalized spacial score (nSPS) is 10.7. The lowest BCUT2D eigenvalue weighted by molar-refractivity contribution is 0.0697. The Morgan fingerprint density at radius 2 is 2.05 bits per heavy atom. The molecule has 0 aliphatic rings. The quantitative estimate of drug-likeness (QED) is 0.886. The number of hydrogen-bond donors (Lipinski definition) is 2. The molecule has 0 fully saturated rings. The number of sulfonamides is 1. The van der Waals surface area contributed by atoms with E-state index in [1.165, 1.54) is 37.4 Å². The third-order valence-corrected chi connectivity index (χ3v) is 4.24. The number of aromatic carboxylic acids is 1. The third-order valence-electron chi connectivity index (χ3n) is 2.96. The van der Waals surface area contributed by atoms with E-state index in [2.05, 4.69) is 9.71 Å². The Kier molecular flexibility index (Phi) is 4.10. The molecule has 0 atom stereocenters. The van der Waals surface area contributed by atoms with Crippen LogP contribution in [0.5, 0.6) is 0 Å². The highest BCUT2D eigenvalue weighted by molar-refractivity contribution is 7.92. The van der Waals surface area contributed by atoms with Crippen LogP contribution in [0, 0.1) is 18.3 Å². The molecule has 112 valence electrons. The lowest BCUT2D eigenvalue weighted by Crippen LogP contribution is -2.17. The Morgan fingerprint density at radius 1 is 1.32 bits per heavy atom. The maximum absolute atomic E-state index is 12.2. The van der Waals surface area contributed by atoms with Gasteiger partial charge in [-0.05, 0) is 36.8 Å². The van der Waals surface area contributed by atoms with Crippen molar-refractivity contribution in [1.29, 1.82) is 5.26 Å². The van der Waals surface area contributed by atoms with Crippen LogP contribution in [0.25, 0.3) is 0 Å². The number of pyridine rings is 1. The van der Waals surface area contributed by atoms with Crippen LogP contribution in [0.4, 0.5) is 5.69 Å². The average molecular weight is 317 g/mol. The summed E-state index contributed by atoms with van der Waals surface area (Å²) in [7, 11) is -4.01. The van der Waals surface area contributed by atoms with Gasteiger partial charge < -0.3 is 5.11 Å². The summed E-state index contributed by atoms with van der Waals surface area (Å²) in [5, 5.41) is 18.0. The second kappa shape index (κ2) is 5.83. The van der Waals surface area contributed by atoms with Gasteiger partial charge in [0.2, 0.25) is 0 Å². The zero-order valence-corrected chi connectivity index (χ0v) is 12.3. The predicted molar refractivity (Wildman–Crippen MR) is 77.9 cm³/mol. The fraction of sp³-hybridized carbons (Fsp3) is 0.0714. The second-order valence-corrected chi connectivity index (χ2v) is 5.98. The van der Waals surface area contributed by atoms with Crippen molar-refractivity contribution < 1.29 is 18.3 Å². The molecule has 0 saturated heterocycles. The summed E-state index contributed by atoms with van der Waals surface area (Å²) in [6, 6.07) is 8.82. The van der Waals surface area contributed by atoms with Crippen molar-refractivity contribution in [2.45, 2.75) is 11.9 Å². The van der Waals surface area contributed by atoms with E-state index in [-0.39, 0.29) is 27.4 Å². The Hall–Kier alpha value is -2.92. The first-order valence-corrected chi connectivity index (χ1v) is 7.56. The molecule has 7 nitrogen and oxygen atoms in total. The number of nitrogens with zero attached hydrogens (tertiary/aromatic N) is 2. The Labute approximate surface area is 126 Å². The van der Waals surface area contributed by atoms with Crippen LogP contribution in [0.15, 0.2) is 41.6 Å². The fourth-order valence-electron chi connectivity index (χ4n) is 1.90. The van der Waals surface area contributed by atoms with E-state index in [4.69, 9.17) is 5.26 Å². The molecule has 2 aromatic rings. The smallest absolute Gasteiger partial charge is 0.338 e. The number of anilines is 1. The number of nitriles is 1. The molecule has 0 aliphatic heterocycles. The van der Waals surface area contributed by atoms with E-state index in [0.717, 1.165) is 0 Å². The van der Waals surface area contributed by atoms with Gasteiger partial charge in [-0.3, -0.25) is 4.72 Å². The molecule has 0 radical (unpaired) electrons. The number of nitrogens with one attached hydrogen (secondary N) is 1. The molecule has 22 heavy (non-hydrogen) atoms. The van der Waals surface area contributed by atoms with Gasteiger partial charge >= 0.3 is 5.97 Å². The number of benzene rings is 1. The van der Waals surface area contributed by atoms with Crippen LogP contribution in [-0.4, -0.2) is 24.5 Å². The summed E-state index contributed by atoms with van der Waals surface area (Å²) < 4.78 is 26.6. The molecule has 8 heteroatoms. The van der Waals surface area contributed by atoms with Gasteiger partial charge in [0.1, 0.15) is 0 Å². The first-order chi connectivity index (χ1) is 10.4. The minimum atomic E-state index is -4.01. The monoisotopic (exact) mass is 317 g/mol. The zero-order valence-electron chi connectivity index (χ0n) is 11.4. The molecule has 1 heterocycles. The molecule has 1 aromatic heterocycles. The number of rotatable bonds is 4. The van der Waals surface area contributed by atoms with Crippen molar-refractivity contribution in [2.75, 3.05) is 4.72 Å². The van der Waals surface area contributed by atoms with Gasteiger partial charge in [0.15, 0.2) is 5.03 Å². The number of carbonyl (C=O) groups is 1. The highest BCUT2D eigenvalue weighted by Crippen LogP contribution is 2.25. The number of carboxylic acid groups (broad SMARTS) is 1.